The van der Waals surface area contributed by atoms with Gasteiger partial charge in [0.2, 0.25) is 11.7 Å². The second-order valence-corrected chi connectivity index (χ2v) is 5.96. The molecule has 1 aliphatic rings. The summed E-state index contributed by atoms with van der Waals surface area (Å²) >= 11 is 0. The number of nitrogens with zero attached hydrogens (tertiary/aromatic N) is 1. The number of hydrogen-bond donors (Lipinski definition) is 2. The van der Waals surface area contributed by atoms with E-state index in [1.165, 1.54) is 0 Å². The Morgan fingerprint density at radius 1 is 1.23 bits per heavy atom. The van der Waals surface area contributed by atoms with E-state index >= 15 is 0 Å². The van der Waals surface area contributed by atoms with E-state index in [1.54, 1.807) is 25.3 Å². The standard InChI is InChI=1S/C19H21N3O4/c1-25-15-7-8-16-17(11-15)26-19(22(16)24)9-10-21-18(23)13-20-12-14-5-3-2-4-6-14/h2-8,11,19-20H,9-10,12-13H2,1H3/p+1. The van der Waals surface area contributed by atoms with Crippen molar-refractivity contribution in [3.63, 3.8) is 0 Å². The molecule has 1 unspecified atom stereocenters. The van der Waals surface area contributed by atoms with Gasteiger partial charge in [0.05, 0.1) is 24.8 Å². The molecule has 3 rings (SSSR count). The third-order valence-corrected chi connectivity index (χ3v) is 4.10. The molecule has 2 N–H and O–H groups in total. The number of fused-ring (bicyclic) bond motifs is 1. The molecule has 7 nitrogen and oxygen atoms in total. The maximum Gasteiger partial charge on any atom is 0.352 e. The zero-order chi connectivity index (χ0) is 18.4. The molecule has 0 saturated heterocycles. The minimum Gasteiger partial charge on any atom is -0.497 e. The van der Waals surface area contributed by atoms with Crippen LogP contribution in [0.2, 0.25) is 0 Å². The van der Waals surface area contributed by atoms with E-state index < -0.39 is 6.23 Å². The summed E-state index contributed by atoms with van der Waals surface area (Å²) in [7, 11) is 1.56. The van der Waals surface area contributed by atoms with Gasteiger partial charge < -0.3 is 20.1 Å². The highest BCUT2D eigenvalue weighted by Crippen LogP contribution is 2.38. The smallest absolute Gasteiger partial charge is 0.352 e. The minimum atomic E-state index is -0.644. The Bertz CT molecular complexity index is 780. The van der Waals surface area contributed by atoms with Gasteiger partial charge in [-0.15, -0.1) is 0 Å². The summed E-state index contributed by atoms with van der Waals surface area (Å²) in [5.74, 6) is 1.02. The van der Waals surface area contributed by atoms with Gasteiger partial charge >= 0.3 is 11.9 Å². The molecule has 0 saturated carbocycles. The van der Waals surface area contributed by atoms with E-state index in [4.69, 9.17) is 9.47 Å². The molecule has 0 bridgehead atoms. The molecule has 2 aromatic carbocycles. The molecular weight excluding hydrogens is 334 g/mol. The Hall–Kier alpha value is -2.93. The highest BCUT2D eigenvalue weighted by Gasteiger charge is 2.40. The Kier molecular flexibility index (Phi) is 5.80. The molecule has 0 spiro atoms. The van der Waals surface area contributed by atoms with Crippen molar-refractivity contribution in [3.05, 3.63) is 59.0 Å². The van der Waals surface area contributed by atoms with Crippen LogP contribution >= 0.6 is 0 Å². The van der Waals surface area contributed by atoms with E-state index in [9.17, 15) is 9.70 Å². The van der Waals surface area contributed by atoms with E-state index in [1.807, 2.05) is 30.3 Å². The van der Waals surface area contributed by atoms with Crippen molar-refractivity contribution < 1.29 is 19.0 Å². The first-order valence-electron chi connectivity index (χ1n) is 8.50. The predicted octanol–water partition coefficient (Wildman–Crippen LogP) is 2.12. The fourth-order valence-corrected chi connectivity index (χ4v) is 2.74. The molecule has 0 radical (unpaired) electrons. The molecular formula is C19H22N3O4+. The van der Waals surface area contributed by atoms with Crippen molar-refractivity contribution in [2.24, 2.45) is 0 Å². The molecule has 1 aliphatic heterocycles. The molecule has 136 valence electrons. The van der Waals surface area contributed by atoms with Crippen molar-refractivity contribution in [2.75, 3.05) is 20.2 Å². The lowest BCUT2D eigenvalue weighted by molar-refractivity contribution is -0.529. The Morgan fingerprint density at radius 2 is 2.04 bits per heavy atom. The average molecular weight is 356 g/mol. The normalized spacial score (nSPS) is 15.3. The van der Waals surface area contributed by atoms with Crippen LogP contribution in [0.25, 0.3) is 0 Å². The van der Waals surface area contributed by atoms with Crippen LogP contribution in [0.1, 0.15) is 12.0 Å². The van der Waals surface area contributed by atoms with Crippen molar-refractivity contribution >= 4 is 11.6 Å². The van der Waals surface area contributed by atoms with Crippen molar-refractivity contribution in [2.45, 2.75) is 19.2 Å². The minimum absolute atomic E-state index is 0.115. The zero-order valence-electron chi connectivity index (χ0n) is 14.6. The molecule has 1 atom stereocenters. The first kappa shape index (κ1) is 17.9. The summed E-state index contributed by atoms with van der Waals surface area (Å²) in [5, 5.41) is 5.88. The van der Waals surface area contributed by atoms with Gasteiger partial charge in [-0.25, -0.2) is 0 Å². The number of methoxy groups -OCH3 is 1. The maximum absolute atomic E-state index is 12.2. The number of nitrogens with one attached hydrogen (secondary N) is 2. The SMILES string of the molecule is COc1ccc2c(c1)OC(CCNC(=O)CNCc1ccccc1)[N+]2=O. The van der Waals surface area contributed by atoms with E-state index in [0.717, 1.165) is 10.3 Å². The highest BCUT2D eigenvalue weighted by atomic mass is 16.5. The van der Waals surface area contributed by atoms with E-state index in [2.05, 4.69) is 10.6 Å². The summed E-state index contributed by atoms with van der Waals surface area (Å²) in [6.45, 7) is 1.21. The molecule has 0 fully saturated rings. The Balaban J connectivity index is 1.38. The second-order valence-electron chi connectivity index (χ2n) is 5.96. The van der Waals surface area contributed by atoms with Crippen molar-refractivity contribution in [1.82, 2.24) is 10.6 Å². The lowest BCUT2D eigenvalue weighted by Crippen LogP contribution is -2.36. The zero-order valence-corrected chi connectivity index (χ0v) is 14.6. The van der Waals surface area contributed by atoms with Gasteiger partial charge in [0.1, 0.15) is 5.75 Å². The average Bonchev–Trinajstić information content (AvgIpc) is 2.98. The van der Waals surface area contributed by atoms with Gasteiger partial charge in [-0.1, -0.05) is 30.3 Å². The van der Waals surface area contributed by atoms with Gasteiger partial charge in [0.15, 0.2) is 0 Å². The monoisotopic (exact) mass is 356 g/mol. The number of carbonyl (C=O) groups excluding carboxylic acids is 1. The number of amides is 1. The third kappa shape index (κ3) is 4.37. The van der Waals surface area contributed by atoms with Crippen LogP contribution < -0.4 is 20.1 Å². The Labute approximate surface area is 151 Å². The quantitative estimate of drug-likeness (QED) is 0.708. The van der Waals surface area contributed by atoms with Gasteiger partial charge in [0.25, 0.3) is 0 Å². The van der Waals surface area contributed by atoms with E-state index in [0.29, 0.717) is 36.7 Å². The van der Waals surface area contributed by atoms with Gasteiger partial charge in [-0.3, -0.25) is 4.79 Å². The third-order valence-electron chi connectivity index (χ3n) is 4.10. The molecule has 7 heteroatoms. The Morgan fingerprint density at radius 3 is 2.81 bits per heavy atom. The van der Waals surface area contributed by atoms with Crippen molar-refractivity contribution in [1.29, 1.82) is 0 Å². The van der Waals surface area contributed by atoms with Crippen LogP contribution in [-0.2, 0) is 11.3 Å². The predicted molar refractivity (Wildman–Crippen MR) is 96.5 cm³/mol. The molecule has 26 heavy (non-hydrogen) atoms. The molecule has 1 heterocycles. The first-order valence-corrected chi connectivity index (χ1v) is 8.50. The second kappa shape index (κ2) is 8.44. The van der Waals surface area contributed by atoms with Crippen LogP contribution in [0.15, 0.2) is 48.5 Å². The summed E-state index contributed by atoms with van der Waals surface area (Å²) in [6, 6.07) is 14.9. The summed E-state index contributed by atoms with van der Waals surface area (Å²) in [6.07, 6.45) is -0.250. The fraction of sp³-hybridized carbons (Fsp3) is 0.316. The first-order chi connectivity index (χ1) is 12.7. The van der Waals surface area contributed by atoms with Crippen LogP contribution in [0.4, 0.5) is 5.69 Å². The summed E-state index contributed by atoms with van der Waals surface area (Å²) in [4.78, 5) is 24.1. The molecule has 2 aromatic rings. The molecule has 0 aromatic heterocycles. The largest absolute Gasteiger partial charge is 0.497 e. The van der Waals surface area contributed by atoms with Crippen molar-refractivity contribution in [3.8, 4) is 11.5 Å². The van der Waals surface area contributed by atoms with Crippen LogP contribution in [-0.4, -0.2) is 37.1 Å². The summed E-state index contributed by atoms with van der Waals surface area (Å²) in [5.41, 5.74) is 1.60. The fourth-order valence-electron chi connectivity index (χ4n) is 2.74. The van der Waals surface area contributed by atoms with Crippen LogP contribution in [0.3, 0.4) is 0 Å². The highest BCUT2D eigenvalue weighted by molar-refractivity contribution is 5.77. The van der Waals surface area contributed by atoms with E-state index in [-0.39, 0.29) is 12.5 Å². The lowest BCUT2D eigenvalue weighted by Gasteiger charge is -2.07. The van der Waals surface area contributed by atoms with Gasteiger partial charge in [-0.05, 0) is 11.6 Å². The lowest BCUT2D eigenvalue weighted by atomic mass is 10.2. The van der Waals surface area contributed by atoms with Gasteiger partial charge in [0, 0.05) is 30.1 Å². The number of ether oxygens (including phenoxy) is 2. The van der Waals surface area contributed by atoms with Gasteiger partial charge in [-0.2, -0.15) is 0 Å². The number of nitroso groups, excluding NO2 is 1. The maximum atomic E-state index is 12.2. The number of benzene rings is 2. The van der Waals surface area contributed by atoms with Crippen LogP contribution in [0.5, 0.6) is 11.5 Å². The summed E-state index contributed by atoms with van der Waals surface area (Å²) < 4.78 is 11.6. The molecule has 0 aliphatic carbocycles. The van der Waals surface area contributed by atoms with Crippen LogP contribution in [0, 0.1) is 4.91 Å². The topological polar surface area (TPSA) is 79.7 Å². The molecule has 1 amide bonds. The number of rotatable bonds is 8. The number of carbonyl (C=O) groups is 1. The number of hydrogen-bond acceptors (Lipinski definition) is 5.